The minimum Gasteiger partial charge on any atom is -0.348 e. The highest BCUT2D eigenvalue weighted by atomic mass is 32.2. The fourth-order valence-electron chi connectivity index (χ4n) is 1.98. The summed E-state index contributed by atoms with van der Waals surface area (Å²) in [6.45, 7) is 2.96. The molecule has 18 heavy (non-hydrogen) atoms. The molecule has 1 fully saturated rings. The third kappa shape index (κ3) is 3.99. The standard InChI is InChI=1S/C13H19N3OS/c1-10(12-4-2-3-5-15-12)16-13(17)8-11-9-18-7-6-14-11/h2-5,10-11,14H,6-9H2,1H3,(H,16,17)/t10-,11?/m0/s1. The van der Waals surface area contributed by atoms with Crippen molar-refractivity contribution in [1.29, 1.82) is 0 Å². The summed E-state index contributed by atoms with van der Waals surface area (Å²) in [4.78, 5) is 16.2. The SMILES string of the molecule is C[C@H](NC(=O)CC1CSCCN1)c1ccccn1. The number of carbonyl (C=O) groups excluding carboxylic acids is 1. The Kier molecular flexibility index (Phi) is 5.01. The second kappa shape index (κ2) is 6.75. The first-order chi connectivity index (χ1) is 8.75. The topological polar surface area (TPSA) is 54.0 Å². The van der Waals surface area contributed by atoms with E-state index in [0.29, 0.717) is 12.5 Å². The number of carbonyl (C=O) groups is 1. The maximum atomic E-state index is 11.9. The molecule has 0 bridgehead atoms. The molecule has 1 aliphatic rings. The molecule has 1 aromatic rings. The molecule has 0 saturated carbocycles. The molecule has 2 rings (SSSR count). The first-order valence-corrected chi connectivity index (χ1v) is 7.42. The van der Waals surface area contributed by atoms with E-state index in [-0.39, 0.29) is 11.9 Å². The Bertz CT molecular complexity index is 379. The summed E-state index contributed by atoms with van der Waals surface area (Å²) >= 11 is 1.91. The van der Waals surface area contributed by atoms with Gasteiger partial charge >= 0.3 is 0 Å². The Hall–Kier alpha value is -1.07. The van der Waals surface area contributed by atoms with Crippen LogP contribution in [0.5, 0.6) is 0 Å². The third-order valence-corrected chi connectivity index (χ3v) is 4.07. The van der Waals surface area contributed by atoms with Gasteiger partial charge in [-0.3, -0.25) is 9.78 Å². The molecule has 0 radical (unpaired) electrons. The van der Waals surface area contributed by atoms with Crippen LogP contribution in [0.15, 0.2) is 24.4 Å². The largest absolute Gasteiger partial charge is 0.348 e. The van der Waals surface area contributed by atoms with Crippen molar-refractivity contribution in [1.82, 2.24) is 15.6 Å². The Morgan fingerprint density at radius 2 is 2.56 bits per heavy atom. The number of hydrogen-bond donors (Lipinski definition) is 2. The van der Waals surface area contributed by atoms with Crippen LogP contribution in [0, 0.1) is 0 Å². The van der Waals surface area contributed by atoms with Gasteiger partial charge < -0.3 is 10.6 Å². The average Bonchev–Trinajstić information content (AvgIpc) is 2.40. The van der Waals surface area contributed by atoms with Crippen LogP contribution >= 0.6 is 11.8 Å². The van der Waals surface area contributed by atoms with Gasteiger partial charge in [0.05, 0.1) is 11.7 Å². The van der Waals surface area contributed by atoms with Crippen molar-refractivity contribution in [2.24, 2.45) is 0 Å². The first kappa shape index (κ1) is 13.4. The molecule has 1 saturated heterocycles. The van der Waals surface area contributed by atoms with E-state index in [9.17, 15) is 4.79 Å². The van der Waals surface area contributed by atoms with E-state index in [4.69, 9.17) is 0 Å². The van der Waals surface area contributed by atoms with Crippen molar-refractivity contribution in [2.45, 2.75) is 25.4 Å². The molecule has 2 heterocycles. The smallest absolute Gasteiger partial charge is 0.222 e. The zero-order chi connectivity index (χ0) is 12.8. The molecule has 2 N–H and O–H groups in total. The van der Waals surface area contributed by atoms with Crippen LogP contribution in [0.3, 0.4) is 0 Å². The normalized spacial score (nSPS) is 21.3. The molecule has 4 nitrogen and oxygen atoms in total. The third-order valence-electron chi connectivity index (χ3n) is 2.94. The second-order valence-electron chi connectivity index (χ2n) is 4.47. The molecular formula is C13H19N3OS. The van der Waals surface area contributed by atoms with Gasteiger partial charge in [0.1, 0.15) is 0 Å². The van der Waals surface area contributed by atoms with Crippen molar-refractivity contribution >= 4 is 17.7 Å². The van der Waals surface area contributed by atoms with Crippen molar-refractivity contribution in [3.63, 3.8) is 0 Å². The number of pyridine rings is 1. The summed E-state index contributed by atoms with van der Waals surface area (Å²) in [6.07, 6.45) is 2.29. The van der Waals surface area contributed by atoms with Gasteiger partial charge in [0.2, 0.25) is 5.91 Å². The van der Waals surface area contributed by atoms with Gasteiger partial charge in [-0.05, 0) is 19.1 Å². The fourth-order valence-corrected chi connectivity index (χ4v) is 2.93. The van der Waals surface area contributed by atoms with Gasteiger partial charge in [-0.2, -0.15) is 11.8 Å². The summed E-state index contributed by atoms with van der Waals surface area (Å²) < 4.78 is 0. The molecule has 0 aromatic carbocycles. The van der Waals surface area contributed by atoms with E-state index in [2.05, 4.69) is 15.6 Å². The number of nitrogens with zero attached hydrogens (tertiary/aromatic N) is 1. The predicted molar refractivity (Wildman–Crippen MR) is 74.5 cm³/mol. The molecule has 1 aliphatic heterocycles. The lowest BCUT2D eigenvalue weighted by Gasteiger charge is -2.23. The predicted octanol–water partition coefficient (Wildman–Crippen LogP) is 1.35. The number of amides is 1. The van der Waals surface area contributed by atoms with E-state index in [1.54, 1.807) is 6.20 Å². The monoisotopic (exact) mass is 265 g/mol. The molecule has 1 unspecified atom stereocenters. The Morgan fingerprint density at radius 3 is 3.22 bits per heavy atom. The molecule has 0 aliphatic carbocycles. The lowest BCUT2D eigenvalue weighted by atomic mass is 10.1. The minimum absolute atomic E-state index is 0.0325. The van der Waals surface area contributed by atoms with Crippen LogP contribution in [0.25, 0.3) is 0 Å². The summed E-state index contributed by atoms with van der Waals surface area (Å²) in [7, 11) is 0. The lowest BCUT2D eigenvalue weighted by Crippen LogP contribution is -2.41. The Morgan fingerprint density at radius 1 is 1.67 bits per heavy atom. The van der Waals surface area contributed by atoms with Crippen LogP contribution in [-0.2, 0) is 4.79 Å². The lowest BCUT2D eigenvalue weighted by molar-refractivity contribution is -0.122. The van der Waals surface area contributed by atoms with Gasteiger partial charge in [-0.15, -0.1) is 0 Å². The quantitative estimate of drug-likeness (QED) is 0.863. The van der Waals surface area contributed by atoms with Crippen LogP contribution in [0.4, 0.5) is 0 Å². The van der Waals surface area contributed by atoms with E-state index in [1.165, 1.54) is 0 Å². The second-order valence-corrected chi connectivity index (χ2v) is 5.62. The minimum atomic E-state index is -0.0325. The van der Waals surface area contributed by atoms with Gasteiger partial charge in [-0.1, -0.05) is 6.07 Å². The maximum absolute atomic E-state index is 11.9. The summed E-state index contributed by atoms with van der Waals surface area (Å²) in [6, 6.07) is 6.01. The van der Waals surface area contributed by atoms with Crippen molar-refractivity contribution in [2.75, 3.05) is 18.1 Å². The van der Waals surface area contributed by atoms with Crippen molar-refractivity contribution in [3.05, 3.63) is 30.1 Å². The van der Waals surface area contributed by atoms with Gasteiger partial charge in [0, 0.05) is 36.7 Å². The molecule has 0 spiro atoms. The number of aromatic nitrogens is 1. The number of thioether (sulfide) groups is 1. The van der Waals surface area contributed by atoms with E-state index < -0.39 is 0 Å². The van der Waals surface area contributed by atoms with Crippen molar-refractivity contribution in [3.8, 4) is 0 Å². The van der Waals surface area contributed by atoms with Crippen LogP contribution in [0.1, 0.15) is 25.1 Å². The number of rotatable bonds is 4. The molecule has 2 atom stereocenters. The zero-order valence-electron chi connectivity index (χ0n) is 10.6. The Balaban J connectivity index is 1.80. The number of nitrogens with one attached hydrogen (secondary N) is 2. The molecular weight excluding hydrogens is 246 g/mol. The maximum Gasteiger partial charge on any atom is 0.222 e. The molecule has 5 heteroatoms. The molecule has 98 valence electrons. The fraction of sp³-hybridized carbons (Fsp3) is 0.538. The summed E-state index contributed by atoms with van der Waals surface area (Å²) in [5.74, 6) is 2.25. The van der Waals surface area contributed by atoms with Crippen LogP contribution in [-0.4, -0.2) is 35.0 Å². The Labute approximate surface area is 112 Å². The van der Waals surface area contributed by atoms with Gasteiger partial charge in [-0.25, -0.2) is 0 Å². The first-order valence-electron chi connectivity index (χ1n) is 6.27. The van der Waals surface area contributed by atoms with Gasteiger partial charge in [0.15, 0.2) is 0 Å². The highest BCUT2D eigenvalue weighted by molar-refractivity contribution is 7.99. The van der Waals surface area contributed by atoms with E-state index in [1.807, 2.05) is 36.9 Å². The molecule has 1 aromatic heterocycles. The zero-order valence-corrected chi connectivity index (χ0v) is 11.4. The van der Waals surface area contributed by atoms with E-state index >= 15 is 0 Å². The van der Waals surface area contributed by atoms with Gasteiger partial charge in [0.25, 0.3) is 0 Å². The average molecular weight is 265 g/mol. The number of hydrogen-bond acceptors (Lipinski definition) is 4. The summed E-state index contributed by atoms with van der Waals surface area (Å²) in [5.41, 5.74) is 0.900. The summed E-state index contributed by atoms with van der Waals surface area (Å²) in [5, 5.41) is 6.36. The van der Waals surface area contributed by atoms with Crippen LogP contribution in [0.2, 0.25) is 0 Å². The highest BCUT2D eigenvalue weighted by Gasteiger charge is 2.18. The van der Waals surface area contributed by atoms with Crippen molar-refractivity contribution < 1.29 is 4.79 Å². The van der Waals surface area contributed by atoms with Crippen LogP contribution < -0.4 is 10.6 Å². The highest BCUT2D eigenvalue weighted by Crippen LogP contribution is 2.12. The molecule has 1 amide bonds. The van der Waals surface area contributed by atoms with E-state index in [0.717, 1.165) is 23.7 Å².